The molecule has 3 aromatic carbocycles. The SMILES string of the molecule is CCN(CC)CCN(C)Cc1cccc(C(=O)Nc2ccc(OCCCN3CCCCC3)cc2C(=O)N/N=C/c2ccc(Cl)c(C(F)(F)F)c2)c1. The second-order valence-electron chi connectivity index (χ2n) is 12.7. The first-order chi connectivity index (χ1) is 24.5. The molecule has 2 amide bonds. The predicted molar refractivity (Wildman–Crippen MR) is 197 cm³/mol. The molecule has 13 heteroatoms. The summed E-state index contributed by atoms with van der Waals surface area (Å²) in [6.45, 7) is 12.3. The average molecular weight is 729 g/mol. The van der Waals surface area contributed by atoms with Crippen LogP contribution in [0.5, 0.6) is 5.75 Å². The van der Waals surface area contributed by atoms with Gasteiger partial charge in [-0.05, 0) is 106 Å². The minimum Gasteiger partial charge on any atom is -0.494 e. The van der Waals surface area contributed by atoms with E-state index in [9.17, 15) is 22.8 Å². The summed E-state index contributed by atoms with van der Waals surface area (Å²) >= 11 is 5.73. The molecule has 0 unspecified atom stereocenters. The van der Waals surface area contributed by atoms with Crippen molar-refractivity contribution < 1.29 is 27.5 Å². The number of carbonyl (C=O) groups excluding carboxylic acids is 2. The maximum Gasteiger partial charge on any atom is 0.417 e. The van der Waals surface area contributed by atoms with Crippen molar-refractivity contribution in [3.05, 3.63) is 93.5 Å². The van der Waals surface area contributed by atoms with Crippen LogP contribution in [0.4, 0.5) is 18.9 Å². The lowest BCUT2D eigenvalue weighted by molar-refractivity contribution is -0.137. The zero-order valence-electron chi connectivity index (χ0n) is 29.6. The number of halogens is 4. The van der Waals surface area contributed by atoms with Gasteiger partial charge < -0.3 is 24.8 Å². The molecule has 0 saturated carbocycles. The van der Waals surface area contributed by atoms with Crippen molar-refractivity contribution in [2.24, 2.45) is 5.10 Å². The molecule has 2 N–H and O–H groups in total. The number of ether oxygens (including phenoxy) is 1. The minimum absolute atomic E-state index is 0.0772. The molecule has 3 aromatic rings. The Balaban J connectivity index is 1.47. The molecule has 1 heterocycles. The smallest absolute Gasteiger partial charge is 0.417 e. The average Bonchev–Trinajstić information content (AvgIpc) is 3.11. The number of carbonyl (C=O) groups is 2. The van der Waals surface area contributed by atoms with E-state index in [1.54, 1.807) is 18.2 Å². The molecule has 276 valence electrons. The summed E-state index contributed by atoms with van der Waals surface area (Å²) in [5.74, 6) is -0.659. The molecule has 9 nitrogen and oxygen atoms in total. The van der Waals surface area contributed by atoms with Gasteiger partial charge in [0.25, 0.3) is 11.8 Å². The maximum absolute atomic E-state index is 13.5. The van der Waals surface area contributed by atoms with E-state index in [2.05, 4.69) is 44.4 Å². The van der Waals surface area contributed by atoms with Crippen LogP contribution in [0.3, 0.4) is 0 Å². The van der Waals surface area contributed by atoms with Crippen LogP contribution >= 0.6 is 11.6 Å². The van der Waals surface area contributed by atoms with Crippen molar-refractivity contribution in [1.29, 1.82) is 0 Å². The zero-order valence-corrected chi connectivity index (χ0v) is 30.3. The van der Waals surface area contributed by atoms with E-state index in [0.29, 0.717) is 24.5 Å². The maximum atomic E-state index is 13.5. The first-order valence-corrected chi connectivity index (χ1v) is 17.8. The van der Waals surface area contributed by atoms with Gasteiger partial charge in [0.15, 0.2) is 0 Å². The fourth-order valence-electron chi connectivity index (χ4n) is 5.89. The predicted octanol–water partition coefficient (Wildman–Crippen LogP) is 7.40. The Morgan fingerprint density at radius 2 is 1.75 bits per heavy atom. The largest absolute Gasteiger partial charge is 0.494 e. The molecule has 1 aliphatic heterocycles. The van der Waals surface area contributed by atoms with E-state index in [1.807, 2.05) is 25.2 Å². The monoisotopic (exact) mass is 728 g/mol. The van der Waals surface area contributed by atoms with E-state index in [1.165, 1.54) is 31.4 Å². The second-order valence-corrected chi connectivity index (χ2v) is 13.1. The third-order valence-electron chi connectivity index (χ3n) is 8.83. The highest BCUT2D eigenvalue weighted by Crippen LogP contribution is 2.35. The molecule has 0 aromatic heterocycles. The molecular formula is C38H48ClF3N6O3. The summed E-state index contributed by atoms with van der Waals surface area (Å²) in [6.07, 6.45) is 0.925. The highest BCUT2D eigenvalue weighted by atomic mass is 35.5. The Kier molecular flexibility index (Phi) is 15.3. The third-order valence-corrected chi connectivity index (χ3v) is 9.16. The highest BCUT2D eigenvalue weighted by molar-refractivity contribution is 6.31. The summed E-state index contributed by atoms with van der Waals surface area (Å²) in [5.41, 5.74) is 3.14. The molecule has 0 bridgehead atoms. The molecule has 1 aliphatic rings. The van der Waals surface area contributed by atoms with E-state index >= 15 is 0 Å². The molecule has 4 rings (SSSR count). The van der Waals surface area contributed by atoms with Gasteiger partial charge in [0, 0.05) is 31.7 Å². The number of hydrazone groups is 1. The molecule has 0 spiro atoms. The van der Waals surface area contributed by atoms with Crippen LogP contribution in [0.15, 0.2) is 65.8 Å². The molecule has 51 heavy (non-hydrogen) atoms. The molecular weight excluding hydrogens is 681 g/mol. The van der Waals surface area contributed by atoms with Crippen molar-refractivity contribution in [2.75, 3.05) is 64.8 Å². The molecule has 0 radical (unpaired) electrons. The number of amides is 2. The fraction of sp³-hybridized carbons (Fsp3) is 0.447. The van der Waals surface area contributed by atoms with Gasteiger partial charge in [0.1, 0.15) is 5.75 Å². The van der Waals surface area contributed by atoms with E-state index in [4.69, 9.17) is 16.3 Å². The van der Waals surface area contributed by atoms with E-state index < -0.39 is 28.6 Å². The van der Waals surface area contributed by atoms with Gasteiger partial charge in [-0.3, -0.25) is 9.59 Å². The van der Waals surface area contributed by atoms with Gasteiger partial charge in [-0.25, -0.2) is 5.43 Å². The van der Waals surface area contributed by atoms with Gasteiger partial charge in [0.2, 0.25) is 0 Å². The number of piperidine rings is 1. The number of likely N-dealkylation sites (N-methyl/N-ethyl adjacent to an activating group) is 2. The summed E-state index contributed by atoms with van der Waals surface area (Å²) < 4.78 is 46.0. The first-order valence-electron chi connectivity index (χ1n) is 17.5. The lowest BCUT2D eigenvalue weighted by Crippen LogP contribution is -2.32. The van der Waals surface area contributed by atoms with Crippen LogP contribution in [-0.2, 0) is 12.7 Å². The number of alkyl halides is 3. The van der Waals surface area contributed by atoms with Crippen molar-refractivity contribution in [3.63, 3.8) is 0 Å². The Bertz CT molecular complexity index is 1630. The zero-order chi connectivity index (χ0) is 36.8. The van der Waals surface area contributed by atoms with Gasteiger partial charge in [-0.1, -0.05) is 50.1 Å². The topological polar surface area (TPSA) is 89.5 Å². The normalized spacial score (nSPS) is 14.0. The van der Waals surface area contributed by atoms with Gasteiger partial charge >= 0.3 is 6.18 Å². The lowest BCUT2D eigenvalue weighted by atomic mass is 10.1. The Hall–Kier alpha value is -3.97. The van der Waals surface area contributed by atoms with Crippen molar-refractivity contribution >= 4 is 35.3 Å². The summed E-state index contributed by atoms with van der Waals surface area (Å²) in [5, 5.41) is 6.29. The van der Waals surface area contributed by atoms with E-state index in [-0.39, 0.29) is 16.8 Å². The van der Waals surface area contributed by atoms with Crippen molar-refractivity contribution in [2.45, 2.75) is 52.3 Å². The molecule has 0 atom stereocenters. The molecule has 1 saturated heterocycles. The van der Waals surface area contributed by atoms with Crippen LogP contribution in [0.25, 0.3) is 0 Å². The number of rotatable bonds is 17. The third kappa shape index (κ3) is 12.6. The Labute approximate surface area is 303 Å². The van der Waals surface area contributed by atoms with Gasteiger partial charge in [0.05, 0.1) is 34.7 Å². The van der Waals surface area contributed by atoms with E-state index in [0.717, 1.165) is 76.1 Å². The van der Waals surface area contributed by atoms with Crippen LogP contribution in [0.1, 0.15) is 76.9 Å². The molecule has 0 aliphatic carbocycles. The molecule has 1 fully saturated rings. The fourth-order valence-corrected chi connectivity index (χ4v) is 6.11. The van der Waals surface area contributed by atoms with Crippen LogP contribution in [-0.4, -0.2) is 92.2 Å². The van der Waals surface area contributed by atoms with Crippen LogP contribution in [0, 0.1) is 0 Å². The second kappa shape index (κ2) is 19.6. The number of anilines is 1. The number of hydrogen-bond acceptors (Lipinski definition) is 7. The number of benzene rings is 3. The summed E-state index contributed by atoms with van der Waals surface area (Å²) in [6, 6.07) is 15.4. The summed E-state index contributed by atoms with van der Waals surface area (Å²) in [4.78, 5) is 33.9. The first kappa shape index (κ1) is 39.8. The minimum atomic E-state index is -4.65. The van der Waals surface area contributed by atoms with Gasteiger partial charge in [-0.15, -0.1) is 0 Å². The Morgan fingerprint density at radius 3 is 2.47 bits per heavy atom. The van der Waals surface area contributed by atoms with Crippen LogP contribution < -0.4 is 15.5 Å². The van der Waals surface area contributed by atoms with Crippen LogP contribution in [0.2, 0.25) is 5.02 Å². The Morgan fingerprint density at radius 1 is 0.980 bits per heavy atom. The standard InChI is InChI=1S/C38H48ClF3N6O3/c1-4-47(5-2)21-20-46(3)27-29-11-9-12-30(23-29)36(49)44-35-16-14-31(51-22-10-19-48-17-7-6-8-18-48)25-32(35)37(50)45-43-26-28-13-15-34(39)33(24-28)38(40,41)42/h9,11-16,23-26H,4-8,10,17-22,27H2,1-3H3,(H,44,49)(H,45,50)/b43-26+. The lowest BCUT2D eigenvalue weighted by Gasteiger charge is -2.26. The number of hydrogen-bond donors (Lipinski definition) is 2. The van der Waals surface area contributed by atoms with Crippen molar-refractivity contribution in [1.82, 2.24) is 20.1 Å². The summed E-state index contributed by atoms with van der Waals surface area (Å²) in [7, 11) is 2.04. The number of likely N-dealkylation sites (tertiary alicyclic amines) is 1. The number of nitrogens with one attached hydrogen (secondary N) is 2. The van der Waals surface area contributed by atoms with Gasteiger partial charge in [-0.2, -0.15) is 18.3 Å². The quantitative estimate of drug-likeness (QED) is 0.0856. The number of nitrogens with zero attached hydrogens (tertiary/aromatic N) is 4. The highest BCUT2D eigenvalue weighted by Gasteiger charge is 2.33. The van der Waals surface area contributed by atoms with Crippen molar-refractivity contribution in [3.8, 4) is 5.75 Å².